The number of aromatic amines is 2. The van der Waals surface area contributed by atoms with Gasteiger partial charge in [0.25, 0.3) is 0 Å². The molecule has 0 unspecified atom stereocenters. The first-order chi connectivity index (χ1) is 13.5. The number of hydrogen-bond donors (Lipinski definition) is 3. The number of nitrogens with zero attached hydrogens (tertiary/aromatic N) is 2. The molecule has 3 N–H and O–H groups in total. The summed E-state index contributed by atoms with van der Waals surface area (Å²) in [5, 5.41) is 3.72. The fourth-order valence-electron chi connectivity index (χ4n) is 3.14. The molecule has 2 aromatic carbocycles. The highest BCUT2D eigenvalue weighted by Crippen LogP contribution is 2.25. The molecule has 4 aromatic rings. The van der Waals surface area contributed by atoms with Gasteiger partial charge in [-0.05, 0) is 36.2 Å². The molecule has 0 saturated carbocycles. The lowest BCUT2D eigenvalue weighted by molar-refractivity contribution is -0.113. The van der Waals surface area contributed by atoms with E-state index in [1.165, 1.54) is 11.8 Å². The summed E-state index contributed by atoms with van der Waals surface area (Å²) in [4.78, 5) is 33.8. The van der Waals surface area contributed by atoms with Crippen LogP contribution in [0.4, 0.5) is 5.69 Å². The van der Waals surface area contributed by atoms with Crippen molar-refractivity contribution in [3.63, 3.8) is 0 Å². The Morgan fingerprint density at radius 2 is 1.96 bits per heavy atom. The van der Waals surface area contributed by atoms with Crippen molar-refractivity contribution < 1.29 is 4.79 Å². The lowest BCUT2D eigenvalue weighted by atomic mass is 10.2. The predicted octanol–water partition coefficient (Wildman–Crippen LogP) is 3.59. The Labute approximate surface area is 165 Å². The summed E-state index contributed by atoms with van der Waals surface area (Å²) in [6, 6.07) is 13.3. The Morgan fingerprint density at radius 1 is 1.18 bits per heavy atom. The molecule has 8 heteroatoms. The first kappa shape index (κ1) is 18.4. The Balaban J connectivity index is 1.48. The van der Waals surface area contributed by atoms with E-state index in [1.807, 2.05) is 18.2 Å². The molecule has 0 aliphatic carbocycles. The average molecular weight is 395 g/mol. The van der Waals surface area contributed by atoms with Gasteiger partial charge in [-0.25, -0.2) is 9.78 Å². The van der Waals surface area contributed by atoms with Crippen LogP contribution < -0.4 is 11.0 Å². The molecule has 0 bridgehead atoms. The van der Waals surface area contributed by atoms with Gasteiger partial charge in [0.05, 0.1) is 27.8 Å². The number of H-pyrrole nitrogens is 2. The second-order valence-corrected chi connectivity index (χ2v) is 8.01. The maximum Gasteiger partial charge on any atom is 0.323 e. The normalized spacial score (nSPS) is 11.5. The van der Waals surface area contributed by atoms with Crippen LogP contribution in [-0.2, 0) is 11.3 Å². The minimum Gasteiger partial charge on any atom is -0.325 e. The van der Waals surface area contributed by atoms with Crippen molar-refractivity contribution in [1.82, 2.24) is 19.5 Å². The van der Waals surface area contributed by atoms with E-state index in [9.17, 15) is 9.59 Å². The van der Waals surface area contributed by atoms with Crippen molar-refractivity contribution >= 4 is 45.4 Å². The van der Waals surface area contributed by atoms with Gasteiger partial charge in [-0.2, -0.15) is 0 Å². The molecule has 7 nitrogen and oxygen atoms in total. The molecule has 0 atom stereocenters. The van der Waals surface area contributed by atoms with Crippen molar-refractivity contribution in [1.29, 1.82) is 0 Å². The van der Waals surface area contributed by atoms with Crippen LogP contribution in [0.1, 0.15) is 13.8 Å². The summed E-state index contributed by atoms with van der Waals surface area (Å²) >= 11 is 1.43. The molecular weight excluding hydrogens is 374 g/mol. The van der Waals surface area contributed by atoms with Crippen molar-refractivity contribution in [3.8, 4) is 0 Å². The van der Waals surface area contributed by atoms with Crippen molar-refractivity contribution in [2.45, 2.75) is 25.5 Å². The van der Waals surface area contributed by atoms with E-state index in [0.29, 0.717) is 22.6 Å². The molecule has 2 heterocycles. The molecule has 2 aromatic heterocycles. The number of para-hydroxylation sites is 2. The zero-order valence-corrected chi connectivity index (χ0v) is 16.5. The van der Waals surface area contributed by atoms with Gasteiger partial charge in [0.1, 0.15) is 0 Å². The number of benzene rings is 2. The summed E-state index contributed by atoms with van der Waals surface area (Å²) in [5.74, 6) is 0.606. The number of nitrogens with one attached hydrogen (secondary N) is 3. The highest BCUT2D eigenvalue weighted by Gasteiger charge is 2.14. The molecule has 0 aliphatic heterocycles. The average Bonchev–Trinajstić information content (AvgIpc) is 3.19. The van der Waals surface area contributed by atoms with E-state index in [4.69, 9.17) is 4.98 Å². The Kier molecular flexibility index (Phi) is 4.95. The number of rotatable bonds is 6. The third-order valence-corrected chi connectivity index (χ3v) is 5.28. The molecule has 144 valence electrons. The van der Waals surface area contributed by atoms with E-state index in [2.05, 4.69) is 39.8 Å². The molecule has 0 saturated heterocycles. The number of amides is 1. The van der Waals surface area contributed by atoms with Gasteiger partial charge in [0.15, 0.2) is 5.16 Å². The van der Waals surface area contributed by atoms with Gasteiger partial charge < -0.3 is 19.9 Å². The fourth-order valence-corrected chi connectivity index (χ4v) is 3.97. The van der Waals surface area contributed by atoms with E-state index in [0.717, 1.165) is 22.7 Å². The number of aromatic nitrogens is 4. The standard InChI is InChI=1S/C20H21N5O2S/c1-12(2)10-25-17-6-4-3-5-15(17)24-20(25)28-11-18(26)21-13-7-8-14-16(9-13)23-19(27)22-14/h3-9,12H,10-11H2,1-2H3,(H,21,26)(H2,22,23,27). The lowest BCUT2D eigenvalue weighted by Gasteiger charge is -2.11. The second-order valence-electron chi connectivity index (χ2n) is 7.06. The third kappa shape index (κ3) is 3.82. The van der Waals surface area contributed by atoms with Crippen LogP contribution in [0.3, 0.4) is 0 Å². The first-order valence-corrected chi connectivity index (χ1v) is 10.1. The first-order valence-electron chi connectivity index (χ1n) is 9.09. The van der Waals surface area contributed by atoms with E-state index in [1.54, 1.807) is 18.2 Å². The van der Waals surface area contributed by atoms with Crippen LogP contribution in [0.25, 0.3) is 22.1 Å². The fraction of sp³-hybridized carbons (Fsp3) is 0.250. The van der Waals surface area contributed by atoms with Crippen molar-refractivity contribution in [3.05, 3.63) is 52.9 Å². The highest BCUT2D eigenvalue weighted by atomic mass is 32.2. The summed E-state index contributed by atoms with van der Waals surface area (Å²) in [5.41, 5.74) is 3.77. The van der Waals surface area contributed by atoms with Gasteiger partial charge in [-0.15, -0.1) is 0 Å². The molecule has 1 amide bonds. The zero-order chi connectivity index (χ0) is 19.7. The largest absolute Gasteiger partial charge is 0.325 e. The van der Waals surface area contributed by atoms with Crippen LogP contribution in [-0.4, -0.2) is 31.2 Å². The summed E-state index contributed by atoms with van der Waals surface area (Å²) in [7, 11) is 0. The molecule has 0 radical (unpaired) electrons. The maximum absolute atomic E-state index is 12.4. The predicted molar refractivity (Wildman–Crippen MR) is 113 cm³/mol. The SMILES string of the molecule is CC(C)Cn1c(SCC(=O)Nc2ccc3[nH]c(=O)[nH]c3c2)nc2ccccc21. The molecule has 28 heavy (non-hydrogen) atoms. The zero-order valence-electron chi connectivity index (χ0n) is 15.7. The van der Waals surface area contributed by atoms with Crippen LogP contribution in [0.15, 0.2) is 52.4 Å². The van der Waals surface area contributed by atoms with Crippen LogP contribution >= 0.6 is 11.8 Å². The van der Waals surface area contributed by atoms with Crippen LogP contribution in [0, 0.1) is 5.92 Å². The molecule has 4 rings (SSSR count). The quantitative estimate of drug-likeness (QED) is 0.435. The van der Waals surface area contributed by atoms with Crippen LogP contribution in [0.2, 0.25) is 0 Å². The van der Waals surface area contributed by atoms with Gasteiger partial charge in [0.2, 0.25) is 5.91 Å². The lowest BCUT2D eigenvalue weighted by Crippen LogP contribution is -2.15. The van der Waals surface area contributed by atoms with Crippen LogP contribution in [0.5, 0.6) is 0 Å². The Hall–Kier alpha value is -3.00. The number of anilines is 1. The topological polar surface area (TPSA) is 95.6 Å². The third-order valence-electron chi connectivity index (χ3n) is 4.30. The number of hydrogen-bond acceptors (Lipinski definition) is 4. The molecule has 0 spiro atoms. The second kappa shape index (κ2) is 7.55. The highest BCUT2D eigenvalue weighted by molar-refractivity contribution is 7.99. The summed E-state index contributed by atoms with van der Waals surface area (Å²) in [6.45, 7) is 5.18. The van der Waals surface area contributed by atoms with E-state index >= 15 is 0 Å². The van der Waals surface area contributed by atoms with Gasteiger partial charge in [0, 0.05) is 12.2 Å². The minimum absolute atomic E-state index is 0.120. The summed E-state index contributed by atoms with van der Waals surface area (Å²) in [6.07, 6.45) is 0. The summed E-state index contributed by atoms with van der Waals surface area (Å²) < 4.78 is 2.18. The van der Waals surface area contributed by atoms with Gasteiger partial charge in [-0.3, -0.25) is 4.79 Å². The van der Waals surface area contributed by atoms with Crippen molar-refractivity contribution in [2.75, 3.05) is 11.1 Å². The molecule has 0 aliphatic rings. The monoisotopic (exact) mass is 395 g/mol. The molecule has 0 fully saturated rings. The number of carbonyl (C=O) groups excluding carboxylic acids is 1. The smallest absolute Gasteiger partial charge is 0.323 e. The number of fused-ring (bicyclic) bond motifs is 2. The number of carbonyl (C=O) groups is 1. The van der Waals surface area contributed by atoms with Gasteiger partial charge >= 0.3 is 5.69 Å². The van der Waals surface area contributed by atoms with Crippen molar-refractivity contribution in [2.24, 2.45) is 5.92 Å². The maximum atomic E-state index is 12.4. The Bertz CT molecular complexity index is 1200. The van der Waals surface area contributed by atoms with E-state index < -0.39 is 0 Å². The molecular formula is C20H21N5O2S. The van der Waals surface area contributed by atoms with Gasteiger partial charge in [-0.1, -0.05) is 37.7 Å². The Morgan fingerprint density at radius 3 is 2.79 bits per heavy atom. The van der Waals surface area contributed by atoms with E-state index in [-0.39, 0.29) is 17.3 Å². The number of thioether (sulfide) groups is 1. The minimum atomic E-state index is -0.266. The number of imidazole rings is 2.